The van der Waals surface area contributed by atoms with Crippen molar-refractivity contribution < 1.29 is 17.9 Å². The number of hydrogen-bond donors (Lipinski definition) is 0. The molecule has 1 aromatic heterocycles. The van der Waals surface area contributed by atoms with Crippen LogP contribution in [0, 0.1) is 6.92 Å². The van der Waals surface area contributed by atoms with E-state index in [1.54, 1.807) is 12.1 Å². The van der Waals surface area contributed by atoms with E-state index in [-0.39, 0.29) is 4.90 Å². The number of aryl methyl sites for hydroxylation is 1. The first-order valence-corrected chi connectivity index (χ1v) is 11.1. The molecule has 0 atom stereocenters. The first kappa shape index (κ1) is 20.4. The standard InChI is InChI=1S/C21H24N4O4S/c1-15-21(23-18-7-5-4-6-17(18)22-15)24-10-12-25(13-11-24)30(26,27)20-14-16(28-2)8-9-19(20)29-3/h4-9,14H,10-13H2,1-3H3. The Hall–Kier alpha value is -2.91. The molecule has 0 amide bonds. The van der Waals surface area contributed by atoms with Gasteiger partial charge in [0.1, 0.15) is 16.4 Å². The maximum atomic E-state index is 13.3. The van der Waals surface area contributed by atoms with Gasteiger partial charge in [-0.05, 0) is 31.2 Å². The second-order valence-electron chi connectivity index (χ2n) is 7.03. The highest BCUT2D eigenvalue weighted by Gasteiger charge is 2.32. The van der Waals surface area contributed by atoms with Crippen molar-refractivity contribution in [2.45, 2.75) is 11.8 Å². The fourth-order valence-electron chi connectivity index (χ4n) is 3.64. The number of rotatable bonds is 5. The Kier molecular flexibility index (Phi) is 5.48. The smallest absolute Gasteiger partial charge is 0.247 e. The summed E-state index contributed by atoms with van der Waals surface area (Å²) in [5.74, 6) is 1.56. The lowest BCUT2D eigenvalue weighted by Crippen LogP contribution is -2.49. The molecule has 0 spiro atoms. The molecule has 4 rings (SSSR count). The molecule has 1 fully saturated rings. The monoisotopic (exact) mass is 428 g/mol. The van der Waals surface area contributed by atoms with Crippen molar-refractivity contribution in [1.29, 1.82) is 0 Å². The number of aromatic nitrogens is 2. The van der Waals surface area contributed by atoms with Crippen LogP contribution in [0.15, 0.2) is 47.4 Å². The Bertz CT molecular complexity index is 1170. The van der Waals surface area contributed by atoms with Crippen LogP contribution in [-0.4, -0.2) is 63.1 Å². The van der Waals surface area contributed by atoms with E-state index in [1.165, 1.54) is 24.6 Å². The lowest BCUT2D eigenvalue weighted by atomic mass is 10.2. The third-order valence-corrected chi connectivity index (χ3v) is 7.17. The molecular weight excluding hydrogens is 404 g/mol. The predicted octanol–water partition coefficient (Wildman–Crippen LogP) is 2.47. The van der Waals surface area contributed by atoms with Crippen LogP contribution in [0.1, 0.15) is 5.69 Å². The molecule has 0 radical (unpaired) electrons. The number of benzene rings is 2. The SMILES string of the molecule is COc1ccc(OC)c(S(=O)(=O)N2CCN(c3nc4ccccc4nc3C)CC2)c1. The molecule has 0 saturated carbocycles. The minimum Gasteiger partial charge on any atom is -0.497 e. The van der Waals surface area contributed by atoms with Crippen LogP contribution in [0.3, 0.4) is 0 Å². The van der Waals surface area contributed by atoms with Crippen LogP contribution in [0.5, 0.6) is 11.5 Å². The molecular formula is C21H24N4O4S. The summed E-state index contributed by atoms with van der Waals surface area (Å²) < 4.78 is 38.5. The van der Waals surface area contributed by atoms with Crippen LogP contribution in [-0.2, 0) is 10.0 Å². The summed E-state index contributed by atoms with van der Waals surface area (Å²) >= 11 is 0. The van der Waals surface area contributed by atoms with E-state index < -0.39 is 10.0 Å². The highest BCUT2D eigenvalue weighted by Crippen LogP contribution is 2.31. The van der Waals surface area contributed by atoms with E-state index >= 15 is 0 Å². The van der Waals surface area contributed by atoms with E-state index in [4.69, 9.17) is 14.5 Å². The van der Waals surface area contributed by atoms with Gasteiger partial charge in [-0.15, -0.1) is 0 Å². The first-order chi connectivity index (χ1) is 14.4. The molecule has 9 heteroatoms. The summed E-state index contributed by atoms with van der Waals surface area (Å²) in [5.41, 5.74) is 2.51. The molecule has 1 saturated heterocycles. The van der Waals surface area contributed by atoms with Crippen LogP contribution < -0.4 is 14.4 Å². The summed E-state index contributed by atoms with van der Waals surface area (Å²) in [4.78, 5) is 11.6. The van der Waals surface area contributed by atoms with Gasteiger partial charge in [-0.3, -0.25) is 0 Å². The average molecular weight is 429 g/mol. The molecule has 0 bridgehead atoms. The number of hydrogen-bond acceptors (Lipinski definition) is 7. The van der Waals surface area contributed by atoms with Crippen molar-refractivity contribution >= 4 is 26.9 Å². The van der Waals surface area contributed by atoms with Gasteiger partial charge in [0.05, 0.1) is 30.9 Å². The van der Waals surface area contributed by atoms with E-state index in [1.807, 2.05) is 31.2 Å². The number of ether oxygens (including phenoxy) is 2. The zero-order chi connectivity index (χ0) is 21.3. The molecule has 0 N–H and O–H groups in total. The molecule has 1 aliphatic heterocycles. The van der Waals surface area contributed by atoms with Crippen molar-refractivity contribution in [1.82, 2.24) is 14.3 Å². The van der Waals surface area contributed by atoms with Gasteiger partial charge in [-0.2, -0.15) is 4.31 Å². The second-order valence-corrected chi connectivity index (χ2v) is 8.94. The lowest BCUT2D eigenvalue weighted by Gasteiger charge is -2.35. The van der Waals surface area contributed by atoms with Gasteiger partial charge in [0.25, 0.3) is 0 Å². The number of fused-ring (bicyclic) bond motifs is 1. The molecule has 158 valence electrons. The third-order valence-electron chi connectivity index (χ3n) is 5.25. The van der Waals surface area contributed by atoms with Crippen LogP contribution in [0.2, 0.25) is 0 Å². The number of sulfonamides is 1. The summed E-state index contributed by atoms with van der Waals surface area (Å²) in [6.07, 6.45) is 0. The van der Waals surface area contributed by atoms with Crippen LogP contribution in [0.25, 0.3) is 11.0 Å². The largest absolute Gasteiger partial charge is 0.497 e. The molecule has 1 aliphatic rings. The van der Waals surface area contributed by atoms with Gasteiger partial charge in [0.2, 0.25) is 10.0 Å². The van der Waals surface area contributed by atoms with Gasteiger partial charge in [0, 0.05) is 32.2 Å². The summed E-state index contributed by atoms with van der Waals surface area (Å²) in [6, 6.07) is 12.5. The fraction of sp³-hybridized carbons (Fsp3) is 0.333. The van der Waals surface area contributed by atoms with E-state index in [9.17, 15) is 8.42 Å². The Morgan fingerprint density at radius 2 is 1.57 bits per heavy atom. The van der Waals surface area contributed by atoms with E-state index in [2.05, 4.69) is 9.88 Å². The molecule has 0 unspecified atom stereocenters. The minimum atomic E-state index is -3.72. The van der Waals surface area contributed by atoms with Gasteiger partial charge in [-0.25, -0.2) is 18.4 Å². The van der Waals surface area contributed by atoms with Crippen molar-refractivity contribution in [3.05, 3.63) is 48.2 Å². The fourth-order valence-corrected chi connectivity index (χ4v) is 5.24. The van der Waals surface area contributed by atoms with Crippen molar-refractivity contribution in [2.24, 2.45) is 0 Å². The number of piperazine rings is 1. The Morgan fingerprint density at radius 3 is 2.20 bits per heavy atom. The molecule has 3 aromatic rings. The maximum Gasteiger partial charge on any atom is 0.247 e. The Labute approximate surface area is 176 Å². The zero-order valence-electron chi connectivity index (χ0n) is 17.2. The van der Waals surface area contributed by atoms with Gasteiger partial charge < -0.3 is 14.4 Å². The number of para-hydroxylation sites is 2. The first-order valence-electron chi connectivity index (χ1n) is 9.64. The topological polar surface area (TPSA) is 84.9 Å². The molecule has 30 heavy (non-hydrogen) atoms. The second kappa shape index (κ2) is 8.08. The summed E-state index contributed by atoms with van der Waals surface area (Å²) in [6.45, 7) is 3.67. The van der Waals surface area contributed by atoms with E-state index in [0.717, 1.165) is 22.5 Å². The van der Waals surface area contributed by atoms with Gasteiger partial charge in [0.15, 0.2) is 5.82 Å². The minimum absolute atomic E-state index is 0.111. The van der Waals surface area contributed by atoms with Crippen molar-refractivity contribution in [2.75, 3.05) is 45.3 Å². The quantitative estimate of drug-likeness (QED) is 0.617. The van der Waals surface area contributed by atoms with Gasteiger partial charge >= 0.3 is 0 Å². The highest BCUT2D eigenvalue weighted by atomic mass is 32.2. The third kappa shape index (κ3) is 3.66. The lowest BCUT2D eigenvalue weighted by molar-refractivity contribution is 0.370. The van der Waals surface area contributed by atoms with E-state index in [0.29, 0.717) is 37.7 Å². The molecule has 2 heterocycles. The van der Waals surface area contributed by atoms with Gasteiger partial charge in [-0.1, -0.05) is 12.1 Å². The zero-order valence-corrected chi connectivity index (χ0v) is 18.0. The van der Waals surface area contributed by atoms with Crippen LogP contribution >= 0.6 is 0 Å². The molecule has 2 aromatic carbocycles. The Balaban J connectivity index is 1.57. The maximum absolute atomic E-state index is 13.3. The van der Waals surface area contributed by atoms with Crippen LogP contribution in [0.4, 0.5) is 5.82 Å². The number of methoxy groups -OCH3 is 2. The predicted molar refractivity (Wildman–Crippen MR) is 115 cm³/mol. The highest BCUT2D eigenvalue weighted by molar-refractivity contribution is 7.89. The average Bonchev–Trinajstić information content (AvgIpc) is 2.78. The van der Waals surface area contributed by atoms with Crippen molar-refractivity contribution in [3.63, 3.8) is 0 Å². The Morgan fingerprint density at radius 1 is 0.900 bits per heavy atom. The molecule has 8 nitrogen and oxygen atoms in total. The van der Waals surface area contributed by atoms with Crippen molar-refractivity contribution in [3.8, 4) is 11.5 Å². The summed E-state index contributed by atoms with van der Waals surface area (Å²) in [7, 11) is -0.760. The number of nitrogens with zero attached hydrogens (tertiary/aromatic N) is 4. The molecule has 0 aliphatic carbocycles. The summed E-state index contributed by atoms with van der Waals surface area (Å²) in [5, 5.41) is 0. The number of anilines is 1. The normalized spacial score (nSPS) is 15.4.